The average molecular weight is 264 g/mol. The molecular formula is C14H10F2OS. The van der Waals surface area contributed by atoms with Crippen molar-refractivity contribution in [3.05, 3.63) is 65.7 Å². The van der Waals surface area contributed by atoms with E-state index in [1.54, 1.807) is 24.3 Å². The van der Waals surface area contributed by atoms with Crippen LogP contribution in [0.3, 0.4) is 0 Å². The van der Waals surface area contributed by atoms with Crippen LogP contribution in [0.2, 0.25) is 0 Å². The van der Waals surface area contributed by atoms with Crippen molar-refractivity contribution in [2.75, 3.05) is 5.75 Å². The molecule has 0 spiro atoms. The molecule has 0 heterocycles. The second-order valence-electron chi connectivity index (χ2n) is 3.65. The first-order valence-electron chi connectivity index (χ1n) is 5.33. The van der Waals surface area contributed by atoms with Gasteiger partial charge in [-0.15, -0.1) is 11.8 Å². The molecule has 0 aliphatic heterocycles. The molecule has 0 amide bonds. The van der Waals surface area contributed by atoms with Gasteiger partial charge in [-0.1, -0.05) is 12.1 Å². The van der Waals surface area contributed by atoms with Crippen molar-refractivity contribution in [3.8, 4) is 0 Å². The third-order valence-electron chi connectivity index (χ3n) is 2.36. The minimum absolute atomic E-state index is 0.0899. The molecule has 2 rings (SSSR count). The minimum Gasteiger partial charge on any atom is -0.293 e. The lowest BCUT2D eigenvalue weighted by atomic mass is 10.1. The maximum Gasteiger partial charge on any atom is 0.176 e. The van der Waals surface area contributed by atoms with Gasteiger partial charge in [-0.2, -0.15) is 0 Å². The fraction of sp³-hybridized carbons (Fsp3) is 0.0714. The summed E-state index contributed by atoms with van der Waals surface area (Å²) >= 11 is 1.26. The average Bonchev–Trinajstić information content (AvgIpc) is 2.38. The van der Waals surface area contributed by atoms with Crippen molar-refractivity contribution in [1.29, 1.82) is 0 Å². The molecule has 0 atom stereocenters. The zero-order chi connectivity index (χ0) is 13.0. The lowest BCUT2D eigenvalue weighted by Gasteiger charge is -2.02. The number of Topliss-reactive ketones (excluding diaryl/α,β-unsaturated/α-hetero) is 1. The third-order valence-corrected chi connectivity index (χ3v) is 3.37. The summed E-state index contributed by atoms with van der Waals surface area (Å²) in [5, 5.41) is 0. The Morgan fingerprint density at radius 3 is 2.33 bits per heavy atom. The van der Waals surface area contributed by atoms with Gasteiger partial charge in [0.1, 0.15) is 11.6 Å². The van der Waals surface area contributed by atoms with Gasteiger partial charge in [-0.3, -0.25) is 4.79 Å². The summed E-state index contributed by atoms with van der Waals surface area (Å²) in [5.41, 5.74) is 0.0899. The molecule has 1 nitrogen and oxygen atoms in total. The fourth-order valence-corrected chi connectivity index (χ4v) is 2.23. The van der Waals surface area contributed by atoms with Crippen molar-refractivity contribution in [3.63, 3.8) is 0 Å². The smallest absolute Gasteiger partial charge is 0.176 e. The van der Waals surface area contributed by atoms with E-state index in [0.717, 1.165) is 4.90 Å². The van der Waals surface area contributed by atoms with E-state index >= 15 is 0 Å². The van der Waals surface area contributed by atoms with Crippen molar-refractivity contribution in [2.45, 2.75) is 4.90 Å². The Balaban J connectivity index is 2.01. The number of rotatable bonds is 4. The van der Waals surface area contributed by atoms with Gasteiger partial charge in [0.25, 0.3) is 0 Å². The highest BCUT2D eigenvalue weighted by molar-refractivity contribution is 8.00. The Bertz CT molecular complexity index is 552. The third kappa shape index (κ3) is 3.17. The summed E-state index contributed by atoms with van der Waals surface area (Å²) in [6.07, 6.45) is 0. The summed E-state index contributed by atoms with van der Waals surface area (Å²) in [7, 11) is 0. The maximum absolute atomic E-state index is 13.3. The van der Waals surface area contributed by atoms with Crippen LogP contribution in [0.15, 0.2) is 53.4 Å². The van der Waals surface area contributed by atoms with E-state index in [0.29, 0.717) is 0 Å². The number of halogens is 2. The van der Waals surface area contributed by atoms with Gasteiger partial charge >= 0.3 is 0 Å². The standard InChI is InChI=1S/C14H10F2OS/c15-10-5-7-11(8-6-10)18-9-14(17)12-3-1-2-4-13(12)16/h1-8H,9H2. The van der Waals surface area contributed by atoms with Gasteiger partial charge in [-0.05, 0) is 36.4 Å². The number of hydrogen-bond acceptors (Lipinski definition) is 2. The first-order chi connectivity index (χ1) is 8.66. The van der Waals surface area contributed by atoms with Crippen LogP contribution in [0, 0.1) is 11.6 Å². The van der Waals surface area contributed by atoms with Gasteiger partial charge < -0.3 is 0 Å². The van der Waals surface area contributed by atoms with E-state index in [-0.39, 0.29) is 22.9 Å². The van der Waals surface area contributed by atoms with Crippen molar-refractivity contribution < 1.29 is 13.6 Å². The highest BCUT2D eigenvalue weighted by atomic mass is 32.2. The molecule has 0 aliphatic carbocycles. The number of carbonyl (C=O) groups excluding carboxylic acids is 1. The molecule has 2 aromatic rings. The molecule has 0 aromatic heterocycles. The van der Waals surface area contributed by atoms with Crippen LogP contribution >= 0.6 is 11.8 Å². The van der Waals surface area contributed by atoms with Crippen molar-refractivity contribution in [2.24, 2.45) is 0 Å². The van der Waals surface area contributed by atoms with Crippen LogP contribution in [0.1, 0.15) is 10.4 Å². The SMILES string of the molecule is O=C(CSc1ccc(F)cc1)c1ccccc1F. The Hall–Kier alpha value is -1.68. The van der Waals surface area contributed by atoms with Crippen molar-refractivity contribution in [1.82, 2.24) is 0 Å². The molecule has 92 valence electrons. The quantitative estimate of drug-likeness (QED) is 0.614. The first kappa shape index (κ1) is 12.8. The van der Waals surface area contributed by atoms with Crippen LogP contribution in [-0.2, 0) is 0 Å². The first-order valence-corrected chi connectivity index (χ1v) is 6.31. The normalized spacial score (nSPS) is 10.3. The minimum atomic E-state index is -0.512. The Morgan fingerprint density at radius 2 is 1.67 bits per heavy atom. The molecule has 0 saturated carbocycles. The van der Waals surface area contributed by atoms with Gasteiger partial charge in [-0.25, -0.2) is 8.78 Å². The van der Waals surface area contributed by atoms with Gasteiger partial charge in [0.15, 0.2) is 5.78 Å². The number of carbonyl (C=O) groups is 1. The maximum atomic E-state index is 13.3. The van der Waals surface area contributed by atoms with Gasteiger partial charge in [0.05, 0.1) is 11.3 Å². The zero-order valence-corrected chi connectivity index (χ0v) is 10.2. The molecule has 0 radical (unpaired) electrons. The molecule has 0 fully saturated rings. The summed E-state index contributed by atoms with van der Waals surface area (Å²) < 4.78 is 26.0. The van der Waals surface area contributed by atoms with E-state index in [4.69, 9.17) is 0 Å². The number of hydrogen-bond donors (Lipinski definition) is 0. The van der Waals surface area contributed by atoms with Crippen LogP contribution in [0.4, 0.5) is 8.78 Å². The second kappa shape index (κ2) is 5.78. The summed E-state index contributed by atoms with van der Waals surface area (Å²) in [5.74, 6) is -0.976. The second-order valence-corrected chi connectivity index (χ2v) is 4.69. The van der Waals surface area contributed by atoms with E-state index in [1.165, 1.54) is 36.0 Å². The van der Waals surface area contributed by atoms with Crippen LogP contribution in [-0.4, -0.2) is 11.5 Å². The Morgan fingerprint density at radius 1 is 1.00 bits per heavy atom. The summed E-state index contributed by atoms with van der Waals surface area (Å²) in [4.78, 5) is 12.5. The number of thioether (sulfide) groups is 1. The predicted molar refractivity (Wildman–Crippen MR) is 67.9 cm³/mol. The largest absolute Gasteiger partial charge is 0.293 e. The molecule has 18 heavy (non-hydrogen) atoms. The van der Waals surface area contributed by atoms with E-state index in [9.17, 15) is 13.6 Å². The molecule has 0 bridgehead atoms. The van der Waals surface area contributed by atoms with E-state index in [2.05, 4.69) is 0 Å². The lowest BCUT2D eigenvalue weighted by molar-refractivity contribution is 0.101. The summed E-state index contributed by atoms with van der Waals surface area (Å²) in [6.45, 7) is 0. The topological polar surface area (TPSA) is 17.1 Å². The highest BCUT2D eigenvalue weighted by Crippen LogP contribution is 2.20. The van der Waals surface area contributed by atoms with Crippen LogP contribution in [0.25, 0.3) is 0 Å². The molecular weight excluding hydrogens is 254 g/mol. The molecule has 0 unspecified atom stereocenters. The molecule has 0 aliphatic rings. The lowest BCUT2D eigenvalue weighted by Crippen LogP contribution is -2.04. The number of benzene rings is 2. The Labute approximate surface area is 108 Å². The van der Waals surface area contributed by atoms with E-state index in [1.807, 2.05) is 0 Å². The monoisotopic (exact) mass is 264 g/mol. The van der Waals surface area contributed by atoms with Gasteiger partial charge in [0, 0.05) is 4.90 Å². The molecule has 0 N–H and O–H groups in total. The molecule has 4 heteroatoms. The van der Waals surface area contributed by atoms with Crippen LogP contribution in [0.5, 0.6) is 0 Å². The van der Waals surface area contributed by atoms with E-state index < -0.39 is 5.82 Å². The van der Waals surface area contributed by atoms with Gasteiger partial charge in [0.2, 0.25) is 0 Å². The summed E-state index contributed by atoms with van der Waals surface area (Å²) in [6, 6.07) is 11.7. The zero-order valence-electron chi connectivity index (χ0n) is 9.40. The fourth-order valence-electron chi connectivity index (χ4n) is 1.44. The predicted octanol–water partition coefficient (Wildman–Crippen LogP) is 3.94. The molecule has 2 aromatic carbocycles. The number of ketones is 1. The highest BCUT2D eigenvalue weighted by Gasteiger charge is 2.11. The molecule has 0 saturated heterocycles. The Kier molecular flexibility index (Phi) is 4.10. The van der Waals surface area contributed by atoms with Crippen molar-refractivity contribution >= 4 is 17.5 Å². The van der Waals surface area contributed by atoms with Crippen LogP contribution < -0.4 is 0 Å².